The summed E-state index contributed by atoms with van der Waals surface area (Å²) < 4.78 is 0. The second kappa shape index (κ2) is 7.79. The molecular formula is C25H14Cl2N2O3. The number of hydrogen-bond acceptors (Lipinski definition) is 3. The Hall–Kier alpha value is -3.67. The van der Waals surface area contributed by atoms with Crippen molar-refractivity contribution in [2.75, 3.05) is 10.2 Å². The van der Waals surface area contributed by atoms with Crippen LogP contribution < -0.4 is 10.2 Å². The van der Waals surface area contributed by atoms with Crippen LogP contribution >= 0.6 is 23.2 Å². The van der Waals surface area contributed by atoms with Gasteiger partial charge in [0.05, 0.1) is 26.9 Å². The summed E-state index contributed by atoms with van der Waals surface area (Å²) in [5, 5.41) is 5.12. The van der Waals surface area contributed by atoms with Gasteiger partial charge in [-0.15, -0.1) is 0 Å². The predicted molar refractivity (Wildman–Crippen MR) is 126 cm³/mol. The van der Waals surface area contributed by atoms with Crippen LogP contribution in [0.25, 0.3) is 10.8 Å². The summed E-state index contributed by atoms with van der Waals surface area (Å²) >= 11 is 11.9. The van der Waals surface area contributed by atoms with Crippen molar-refractivity contribution in [1.82, 2.24) is 0 Å². The van der Waals surface area contributed by atoms with Gasteiger partial charge in [0, 0.05) is 16.6 Å². The maximum atomic E-state index is 13.2. The molecule has 1 N–H and O–H groups in total. The predicted octanol–water partition coefficient (Wildman–Crippen LogP) is 6.20. The molecular weight excluding hydrogens is 447 g/mol. The topological polar surface area (TPSA) is 66.5 Å². The molecule has 4 aromatic carbocycles. The van der Waals surface area contributed by atoms with Gasteiger partial charge in [-0.2, -0.15) is 0 Å². The first-order valence-corrected chi connectivity index (χ1v) is 10.5. The van der Waals surface area contributed by atoms with E-state index in [1.54, 1.807) is 24.3 Å². The fraction of sp³-hybridized carbons (Fsp3) is 0. The molecule has 0 aromatic heterocycles. The summed E-state index contributed by atoms with van der Waals surface area (Å²) in [5.74, 6) is -1.32. The van der Waals surface area contributed by atoms with E-state index in [4.69, 9.17) is 23.2 Å². The molecule has 156 valence electrons. The maximum Gasteiger partial charge on any atom is 0.266 e. The Morgan fingerprint density at radius 1 is 0.750 bits per heavy atom. The fourth-order valence-electron chi connectivity index (χ4n) is 3.78. The first-order valence-electron chi connectivity index (χ1n) is 9.71. The lowest BCUT2D eigenvalue weighted by molar-refractivity contribution is 0.0925. The van der Waals surface area contributed by atoms with Gasteiger partial charge in [0.2, 0.25) is 0 Å². The second-order valence-electron chi connectivity index (χ2n) is 7.29. The summed E-state index contributed by atoms with van der Waals surface area (Å²) in [5.41, 5.74) is 1.66. The molecule has 0 aliphatic carbocycles. The molecule has 1 heterocycles. The molecule has 32 heavy (non-hydrogen) atoms. The van der Waals surface area contributed by atoms with E-state index >= 15 is 0 Å². The minimum absolute atomic E-state index is 0.185. The number of carbonyl (C=O) groups is 3. The molecule has 0 spiro atoms. The van der Waals surface area contributed by atoms with Crippen LogP contribution in [0.3, 0.4) is 0 Å². The molecule has 0 radical (unpaired) electrons. The van der Waals surface area contributed by atoms with E-state index in [9.17, 15) is 14.4 Å². The number of imide groups is 1. The number of carbonyl (C=O) groups excluding carboxylic acids is 3. The van der Waals surface area contributed by atoms with E-state index in [-0.39, 0.29) is 16.7 Å². The van der Waals surface area contributed by atoms with Crippen LogP contribution in [0.15, 0.2) is 78.9 Å². The average Bonchev–Trinajstić information content (AvgIpc) is 3.05. The Balaban J connectivity index is 1.49. The number of anilines is 2. The molecule has 1 aliphatic heterocycles. The molecule has 0 atom stereocenters. The van der Waals surface area contributed by atoms with Gasteiger partial charge in [-0.25, -0.2) is 4.90 Å². The van der Waals surface area contributed by atoms with E-state index in [2.05, 4.69) is 5.32 Å². The molecule has 5 rings (SSSR count). The maximum absolute atomic E-state index is 13.2. The average molecular weight is 461 g/mol. The van der Waals surface area contributed by atoms with Gasteiger partial charge in [-0.3, -0.25) is 14.4 Å². The van der Waals surface area contributed by atoms with E-state index in [1.807, 2.05) is 30.3 Å². The smallest absolute Gasteiger partial charge is 0.266 e. The molecule has 5 nitrogen and oxygen atoms in total. The van der Waals surface area contributed by atoms with Gasteiger partial charge < -0.3 is 5.32 Å². The van der Waals surface area contributed by atoms with E-state index < -0.39 is 17.7 Å². The van der Waals surface area contributed by atoms with Crippen LogP contribution in [-0.4, -0.2) is 17.7 Å². The van der Waals surface area contributed by atoms with Gasteiger partial charge in [0.1, 0.15) is 0 Å². The number of benzene rings is 4. The first kappa shape index (κ1) is 20.2. The zero-order valence-corrected chi connectivity index (χ0v) is 17.9. The Bertz CT molecular complexity index is 1440. The van der Waals surface area contributed by atoms with Crippen molar-refractivity contribution >= 4 is 63.1 Å². The zero-order valence-electron chi connectivity index (χ0n) is 16.4. The Morgan fingerprint density at radius 2 is 1.50 bits per heavy atom. The number of halogens is 2. The van der Waals surface area contributed by atoms with Crippen molar-refractivity contribution < 1.29 is 14.4 Å². The van der Waals surface area contributed by atoms with E-state index in [0.717, 1.165) is 15.7 Å². The zero-order chi connectivity index (χ0) is 22.4. The minimum atomic E-state index is -0.467. The molecule has 0 fully saturated rings. The van der Waals surface area contributed by atoms with Gasteiger partial charge in [0.15, 0.2) is 0 Å². The van der Waals surface area contributed by atoms with Gasteiger partial charge in [-0.1, -0.05) is 59.6 Å². The number of rotatable bonds is 3. The fourth-order valence-corrected chi connectivity index (χ4v) is 4.08. The number of fused-ring (bicyclic) bond motifs is 2. The van der Waals surface area contributed by atoms with Crippen LogP contribution in [0.1, 0.15) is 31.1 Å². The van der Waals surface area contributed by atoms with Crippen molar-refractivity contribution in [2.45, 2.75) is 0 Å². The quantitative estimate of drug-likeness (QED) is 0.370. The van der Waals surface area contributed by atoms with Crippen molar-refractivity contribution in [3.8, 4) is 0 Å². The Labute approximate surface area is 193 Å². The third kappa shape index (κ3) is 3.32. The second-order valence-corrected chi connectivity index (χ2v) is 8.10. The van der Waals surface area contributed by atoms with Gasteiger partial charge >= 0.3 is 0 Å². The summed E-state index contributed by atoms with van der Waals surface area (Å²) in [7, 11) is 0. The van der Waals surface area contributed by atoms with Crippen molar-refractivity contribution in [1.29, 1.82) is 0 Å². The molecule has 3 amide bonds. The summed E-state index contributed by atoms with van der Waals surface area (Å²) in [6, 6.07) is 22.2. The summed E-state index contributed by atoms with van der Waals surface area (Å²) in [6.45, 7) is 0. The van der Waals surface area contributed by atoms with Crippen LogP contribution in [0.4, 0.5) is 11.4 Å². The number of nitrogens with one attached hydrogen (secondary N) is 1. The minimum Gasteiger partial charge on any atom is -0.322 e. The Morgan fingerprint density at radius 3 is 2.31 bits per heavy atom. The molecule has 4 aromatic rings. The van der Waals surface area contributed by atoms with Crippen LogP contribution in [0.5, 0.6) is 0 Å². The molecule has 0 bridgehead atoms. The molecule has 0 unspecified atom stereocenters. The monoisotopic (exact) mass is 460 g/mol. The highest BCUT2D eigenvalue weighted by Gasteiger charge is 2.37. The molecule has 7 heteroatoms. The third-order valence-electron chi connectivity index (χ3n) is 5.33. The number of nitrogens with zero attached hydrogens (tertiary/aromatic N) is 1. The highest BCUT2D eigenvalue weighted by molar-refractivity contribution is 6.42. The third-order valence-corrected chi connectivity index (χ3v) is 6.07. The molecule has 1 aliphatic rings. The SMILES string of the molecule is O=C(Nc1ccc(Cl)c(Cl)c1)c1ccc2c(c1)C(=O)N(c1cccc3ccccc13)C2=O. The molecule has 0 saturated heterocycles. The van der Waals surface area contributed by atoms with Crippen LogP contribution in [-0.2, 0) is 0 Å². The van der Waals surface area contributed by atoms with Crippen LogP contribution in [0, 0.1) is 0 Å². The lowest BCUT2D eigenvalue weighted by atomic mass is 10.1. The summed E-state index contributed by atoms with van der Waals surface area (Å²) in [6.07, 6.45) is 0. The first-order chi connectivity index (χ1) is 15.4. The highest BCUT2D eigenvalue weighted by Crippen LogP contribution is 2.34. The largest absolute Gasteiger partial charge is 0.322 e. The van der Waals surface area contributed by atoms with E-state index in [1.165, 1.54) is 24.3 Å². The number of hydrogen-bond donors (Lipinski definition) is 1. The number of amides is 3. The lowest BCUT2D eigenvalue weighted by Crippen LogP contribution is -2.29. The lowest BCUT2D eigenvalue weighted by Gasteiger charge is -2.16. The van der Waals surface area contributed by atoms with Crippen molar-refractivity contribution in [3.63, 3.8) is 0 Å². The molecule has 0 saturated carbocycles. The summed E-state index contributed by atoms with van der Waals surface area (Å²) in [4.78, 5) is 40.2. The van der Waals surface area contributed by atoms with Gasteiger partial charge in [-0.05, 0) is 47.9 Å². The van der Waals surface area contributed by atoms with E-state index in [0.29, 0.717) is 21.4 Å². The van der Waals surface area contributed by atoms with Crippen LogP contribution in [0.2, 0.25) is 10.0 Å². The van der Waals surface area contributed by atoms with Crippen molar-refractivity contribution in [3.05, 3.63) is 106 Å². The normalized spacial score (nSPS) is 12.9. The highest BCUT2D eigenvalue weighted by atomic mass is 35.5. The standard InChI is InChI=1S/C25H14Cl2N2O3/c26-20-11-9-16(13-21(20)27)28-23(30)15-8-10-18-19(12-15)25(32)29(24(18)31)22-7-3-5-14-4-1-2-6-17(14)22/h1-13H,(H,28,30). The van der Waals surface area contributed by atoms with Gasteiger partial charge in [0.25, 0.3) is 17.7 Å². The Kier molecular flexibility index (Phi) is 4.93. The van der Waals surface area contributed by atoms with Crippen molar-refractivity contribution in [2.24, 2.45) is 0 Å².